The molecule has 0 amide bonds. The molecule has 2 aromatic heterocycles. The van der Waals surface area contributed by atoms with Crippen molar-refractivity contribution in [3.63, 3.8) is 0 Å². The van der Waals surface area contributed by atoms with Crippen molar-refractivity contribution in [1.82, 2.24) is 19.5 Å². The Morgan fingerprint density at radius 2 is 1.68 bits per heavy atom. The van der Waals surface area contributed by atoms with Gasteiger partial charge in [-0.1, -0.05) is 42.1 Å². The number of nitrogens with two attached hydrogens (primary N) is 1. The van der Waals surface area contributed by atoms with Crippen molar-refractivity contribution >= 4 is 28.5 Å². The van der Waals surface area contributed by atoms with Crippen molar-refractivity contribution in [2.75, 3.05) is 5.73 Å². The number of fused-ring (bicyclic) bond motifs is 2. The van der Waals surface area contributed by atoms with E-state index < -0.39 is 0 Å². The summed E-state index contributed by atoms with van der Waals surface area (Å²) in [6.45, 7) is 0. The number of hydrogen-bond donors (Lipinski definition) is 1. The van der Waals surface area contributed by atoms with Gasteiger partial charge in [0.15, 0.2) is 5.16 Å². The first-order valence-electron chi connectivity index (χ1n) is 9.59. The van der Waals surface area contributed by atoms with Gasteiger partial charge in [-0.05, 0) is 49.9 Å². The highest BCUT2D eigenvalue weighted by atomic mass is 32.2. The molecule has 1 aliphatic carbocycles. The maximum absolute atomic E-state index is 6.15. The number of nitrogens with zero attached hydrogens (tertiary/aromatic N) is 4. The van der Waals surface area contributed by atoms with Crippen molar-refractivity contribution in [3.05, 3.63) is 71.8 Å². The Kier molecular flexibility index (Phi) is 4.49. The van der Waals surface area contributed by atoms with Gasteiger partial charge >= 0.3 is 0 Å². The Bertz CT molecular complexity index is 1140. The maximum atomic E-state index is 6.15. The first-order valence-corrected chi connectivity index (χ1v) is 10.6. The van der Waals surface area contributed by atoms with Gasteiger partial charge in [-0.2, -0.15) is 0 Å². The molecule has 4 aromatic rings. The van der Waals surface area contributed by atoms with Crippen LogP contribution < -0.4 is 5.73 Å². The summed E-state index contributed by atoms with van der Waals surface area (Å²) in [7, 11) is 0. The van der Waals surface area contributed by atoms with Crippen LogP contribution in [0, 0.1) is 0 Å². The van der Waals surface area contributed by atoms with Crippen molar-refractivity contribution in [2.24, 2.45) is 0 Å². The Morgan fingerprint density at radius 1 is 0.893 bits per heavy atom. The third-order valence-corrected chi connectivity index (χ3v) is 6.06. The minimum Gasteiger partial charge on any atom is -0.383 e. The summed E-state index contributed by atoms with van der Waals surface area (Å²) < 4.78 is 2.31. The molecular formula is C22H21N5S. The third kappa shape index (κ3) is 3.14. The number of benzene rings is 2. The average Bonchev–Trinajstić information content (AvgIpc) is 3.11. The molecule has 2 aromatic carbocycles. The Hall–Kier alpha value is -2.86. The van der Waals surface area contributed by atoms with Gasteiger partial charge in [-0.25, -0.2) is 15.0 Å². The standard InChI is InChI=1S/C22H21N5S/c23-21-16-10-4-5-11-17(16)24-20(26-21)14-28-22-25-18-12-6-7-13-19(18)27(22)15-8-2-1-3-9-15/h1-5,8-11H,6-7,12-14H2,(H2,23,24,26). The van der Waals surface area contributed by atoms with Crippen molar-refractivity contribution in [3.8, 4) is 5.69 Å². The number of rotatable bonds is 4. The predicted molar refractivity (Wildman–Crippen MR) is 114 cm³/mol. The summed E-state index contributed by atoms with van der Waals surface area (Å²) in [5, 5.41) is 1.91. The van der Waals surface area contributed by atoms with Gasteiger partial charge in [0.1, 0.15) is 11.6 Å². The molecule has 0 aliphatic heterocycles. The second-order valence-corrected chi connectivity index (χ2v) is 7.94. The van der Waals surface area contributed by atoms with Crippen LogP contribution in [0.25, 0.3) is 16.6 Å². The van der Waals surface area contributed by atoms with E-state index >= 15 is 0 Å². The number of thioether (sulfide) groups is 1. The fourth-order valence-electron chi connectivity index (χ4n) is 3.80. The Balaban J connectivity index is 1.50. The van der Waals surface area contributed by atoms with Crippen LogP contribution in [-0.2, 0) is 18.6 Å². The van der Waals surface area contributed by atoms with Gasteiger partial charge < -0.3 is 5.73 Å². The monoisotopic (exact) mass is 387 g/mol. The number of hydrogen-bond acceptors (Lipinski definition) is 5. The number of aromatic nitrogens is 4. The molecule has 2 N–H and O–H groups in total. The summed E-state index contributed by atoms with van der Waals surface area (Å²) in [6.07, 6.45) is 4.58. The first-order chi connectivity index (χ1) is 13.8. The van der Waals surface area contributed by atoms with E-state index in [1.54, 1.807) is 11.8 Å². The van der Waals surface area contributed by atoms with Crippen LogP contribution in [0.5, 0.6) is 0 Å². The van der Waals surface area contributed by atoms with Crippen molar-refractivity contribution < 1.29 is 0 Å². The van der Waals surface area contributed by atoms with E-state index in [1.165, 1.54) is 29.9 Å². The molecule has 140 valence electrons. The highest BCUT2D eigenvalue weighted by molar-refractivity contribution is 7.98. The van der Waals surface area contributed by atoms with Crippen molar-refractivity contribution in [1.29, 1.82) is 0 Å². The van der Waals surface area contributed by atoms with E-state index in [2.05, 4.69) is 38.8 Å². The van der Waals surface area contributed by atoms with Crippen LogP contribution in [0.15, 0.2) is 59.8 Å². The fraction of sp³-hybridized carbons (Fsp3) is 0.227. The molecule has 0 saturated heterocycles. The molecule has 6 heteroatoms. The summed E-state index contributed by atoms with van der Waals surface area (Å²) in [6, 6.07) is 18.3. The lowest BCUT2D eigenvalue weighted by molar-refractivity contribution is 0.654. The quantitative estimate of drug-likeness (QED) is 0.520. The van der Waals surface area contributed by atoms with Gasteiger partial charge in [0.2, 0.25) is 0 Å². The van der Waals surface area contributed by atoms with E-state index in [1.807, 2.05) is 30.3 Å². The molecule has 1 aliphatic rings. The molecule has 0 fully saturated rings. The molecule has 5 nitrogen and oxygen atoms in total. The fourth-order valence-corrected chi connectivity index (χ4v) is 4.71. The molecule has 0 saturated carbocycles. The minimum absolute atomic E-state index is 0.534. The highest BCUT2D eigenvalue weighted by Gasteiger charge is 2.21. The third-order valence-electron chi connectivity index (χ3n) is 5.13. The number of anilines is 1. The number of para-hydroxylation sites is 2. The Labute approximate surface area is 168 Å². The maximum Gasteiger partial charge on any atom is 0.173 e. The van der Waals surface area contributed by atoms with E-state index in [-0.39, 0.29) is 0 Å². The molecule has 0 atom stereocenters. The molecule has 0 spiro atoms. The van der Waals surface area contributed by atoms with E-state index in [0.29, 0.717) is 11.6 Å². The molecule has 0 bridgehead atoms. The topological polar surface area (TPSA) is 69.6 Å². The molecule has 2 heterocycles. The Morgan fingerprint density at radius 3 is 2.57 bits per heavy atom. The second kappa shape index (κ2) is 7.28. The largest absolute Gasteiger partial charge is 0.383 e. The zero-order valence-corrected chi connectivity index (χ0v) is 16.3. The van der Waals surface area contributed by atoms with Crippen LogP contribution in [-0.4, -0.2) is 19.5 Å². The smallest absolute Gasteiger partial charge is 0.173 e. The summed E-state index contributed by atoms with van der Waals surface area (Å²) in [4.78, 5) is 14.2. The van der Waals surface area contributed by atoms with E-state index in [0.717, 1.165) is 34.7 Å². The van der Waals surface area contributed by atoms with Crippen LogP contribution >= 0.6 is 11.8 Å². The summed E-state index contributed by atoms with van der Waals surface area (Å²) >= 11 is 1.68. The van der Waals surface area contributed by atoms with E-state index in [9.17, 15) is 0 Å². The molecule has 0 unspecified atom stereocenters. The molecule has 28 heavy (non-hydrogen) atoms. The number of nitrogen functional groups attached to an aromatic ring is 1. The minimum atomic E-state index is 0.534. The summed E-state index contributed by atoms with van der Waals surface area (Å²) in [5.41, 5.74) is 10.8. The zero-order chi connectivity index (χ0) is 18.9. The predicted octanol–water partition coefficient (Wildman–Crippen LogP) is 4.57. The second-order valence-electron chi connectivity index (χ2n) is 7.00. The number of aryl methyl sites for hydroxylation is 1. The zero-order valence-electron chi connectivity index (χ0n) is 15.5. The van der Waals surface area contributed by atoms with Gasteiger partial charge in [-0.15, -0.1) is 0 Å². The van der Waals surface area contributed by atoms with Crippen LogP contribution in [0.2, 0.25) is 0 Å². The van der Waals surface area contributed by atoms with Gasteiger partial charge in [-0.3, -0.25) is 4.57 Å². The van der Waals surface area contributed by atoms with Gasteiger partial charge in [0, 0.05) is 16.8 Å². The molecular weight excluding hydrogens is 366 g/mol. The van der Waals surface area contributed by atoms with Crippen LogP contribution in [0.3, 0.4) is 0 Å². The first kappa shape index (κ1) is 17.3. The summed E-state index contributed by atoms with van der Waals surface area (Å²) in [5.74, 6) is 1.91. The lowest BCUT2D eigenvalue weighted by Gasteiger charge is -2.15. The normalized spacial score (nSPS) is 13.6. The van der Waals surface area contributed by atoms with Gasteiger partial charge in [0.05, 0.1) is 17.0 Å². The van der Waals surface area contributed by atoms with Crippen LogP contribution in [0.1, 0.15) is 30.1 Å². The van der Waals surface area contributed by atoms with Gasteiger partial charge in [0.25, 0.3) is 0 Å². The SMILES string of the molecule is Nc1nc(CSc2nc3c(n2-c2ccccc2)CCCC3)nc2ccccc12. The average molecular weight is 388 g/mol. The highest BCUT2D eigenvalue weighted by Crippen LogP contribution is 2.32. The lowest BCUT2D eigenvalue weighted by atomic mass is 10.0. The molecule has 5 rings (SSSR count). The number of imidazole rings is 1. The molecule has 0 radical (unpaired) electrons. The van der Waals surface area contributed by atoms with Crippen LogP contribution in [0.4, 0.5) is 5.82 Å². The van der Waals surface area contributed by atoms with Crippen molar-refractivity contribution in [2.45, 2.75) is 36.6 Å². The van der Waals surface area contributed by atoms with E-state index in [4.69, 9.17) is 10.7 Å². The lowest BCUT2D eigenvalue weighted by Crippen LogP contribution is -2.07.